The molecule has 0 saturated carbocycles. The first-order valence-electron chi connectivity index (χ1n) is 6.04. The molecule has 17 heavy (non-hydrogen) atoms. The van der Waals surface area contributed by atoms with Crippen molar-refractivity contribution in [2.45, 2.75) is 19.8 Å². The number of rotatable bonds is 4. The number of nitrogens with zero attached hydrogens (tertiary/aromatic N) is 1. The van der Waals surface area contributed by atoms with Gasteiger partial charge < -0.3 is 10.5 Å². The highest BCUT2D eigenvalue weighted by Gasteiger charge is 2.21. The lowest BCUT2D eigenvalue weighted by Gasteiger charge is -2.31. The van der Waals surface area contributed by atoms with E-state index < -0.39 is 6.09 Å². The second-order valence-electron chi connectivity index (χ2n) is 4.25. The van der Waals surface area contributed by atoms with Gasteiger partial charge in [0.25, 0.3) is 0 Å². The third-order valence-corrected chi connectivity index (χ3v) is 2.82. The van der Waals surface area contributed by atoms with Crippen molar-refractivity contribution >= 4 is 12.0 Å². The highest BCUT2D eigenvalue weighted by molar-refractivity contribution is 5.92. The fraction of sp³-hybridized carbons (Fsp3) is 0.818. The Kier molecular flexibility index (Phi) is 5.93. The third kappa shape index (κ3) is 5.14. The molecule has 0 bridgehead atoms. The molecular weight excluding hydrogens is 222 g/mol. The number of nitrogens with one attached hydrogen (secondary N) is 1. The van der Waals surface area contributed by atoms with Gasteiger partial charge in [0.2, 0.25) is 5.91 Å². The molecule has 0 aromatic heterocycles. The van der Waals surface area contributed by atoms with Crippen LogP contribution >= 0.6 is 0 Å². The van der Waals surface area contributed by atoms with Crippen molar-refractivity contribution in [3.05, 3.63) is 0 Å². The van der Waals surface area contributed by atoms with Crippen LogP contribution in [-0.2, 0) is 9.53 Å². The van der Waals surface area contributed by atoms with E-state index in [-0.39, 0.29) is 19.1 Å². The van der Waals surface area contributed by atoms with Crippen LogP contribution in [0.4, 0.5) is 4.79 Å². The van der Waals surface area contributed by atoms with Crippen molar-refractivity contribution in [1.29, 1.82) is 0 Å². The lowest BCUT2D eigenvalue weighted by atomic mass is 9.98. The van der Waals surface area contributed by atoms with Crippen molar-refractivity contribution in [1.82, 2.24) is 10.2 Å². The van der Waals surface area contributed by atoms with Crippen LogP contribution in [0.2, 0.25) is 0 Å². The Morgan fingerprint density at radius 2 is 2.29 bits per heavy atom. The van der Waals surface area contributed by atoms with Crippen molar-refractivity contribution < 1.29 is 14.3 Å². The molecule has 1 aliphatic rings. The Bertz CT molecular complexity index is 271. The number of hydrogen-bond acceptors (Lipinski definition) is 5. The highest BCUT2D eigenvalue weighted by atomic mass is 16.5. The minimum atomic E-state index is -0.676. The minimum Gasteiger partial charge on any atom is -0.450 e. The monoisotopic (exact) mass is 243 g/mol. The molecule has 0 aliphatic carbocycles. The average Bonchev–Trinajstić information content (AvgIpc) is 2.29. The van der Waals surface area contributed by atoms with E-state index in [2.05, 4.69) is 10.1 Å². The van der Waals surface area contributed by atoms with Crippen LogP contribution in [0.1, 0.15) is 19.8 Å². The Balaban J connectivity index is 2.28. The fourth-order valence-corrected chi connectivity index (χ4v) is 2.01. The van der Waals surface area contributed by atoms with Crippen LogP contribution in [0.15, 0.2) is 0 Å². The maximum absolute atomic E-state index is 11.5. The Labute approximate surface area is 101 Å². The molecule has 1 heterocycles. The molecule has 1 rings (SSSR count). The van der Waals surface area contributed by atoms with Gasteiger partial charge >= 0.3 is 6.09 Å². The van der Waals surface area contributed by atoms with E-state index in [1.54, 1.807) is 6.92 Å². The molecule has 0 spiro atoms. The SMILES string of the molecule is CCOC(=O)NC(=O)CN1CCCC(CN)C1. The first-order valence-corrected chi connectivity index (χ1v) is 6.04. The summed E-state index contributed by atoms with van der Waals surface area (Å²) in [6.45, 7) is 4.55. The van der Waals surface area contributed by atoms with E-state index in [1.165, 1.54) is 0 Å². The number of ether oxygens (including phenoxy) is 1. The van der Waals surface area contributed by atoms with Crippen molar-refractivity contribution in [3.63, 3.8) is 0 Å². The first-order chi connectivity index (χ1) is 8.15. The molecule has 98 valence electrons. The molecule has 1 fully saturated rings. The van der Waals surface area contributed by atoms with Gasteiger partial charge in [-0.05, 0) is 38.8 Å². The highest BCUT2D eigenvalue weighted by Crippen LogP contribution is 2.14. The molecule has 0 radical (unpaired) electrons. The van der Waals surface area contributed by atoms with Gasteiger partial charge in [0, 0.05) is 6.54 Å². The Hall–Kier alpha value is -1.14. The van der Waals surface area contributed by atoms with E-state index in [0.29, 0.717) is 12.5 Å². The van der Waals surface area contributed by atoms with Crippen LogP contribution in [0.5, 0.6) is 0 Å². The summed E-state index contributed by atoms with van der Waals surface area (Å²) in [6.07, 6.45) is 1.49. The molecule has 1 saturated heterocycles. The van der Waals surface area contributed by atoms with Gasteiger partial charge in [0.05, 0.1) is 13.2 Å². The van der Waals surface area contributed by atoms with Gasteiger partial charge in [-0.2, -0.15) is 0 Å². The number of hydrogen-bond donors (Lipinski definition) is 2. The minimum absolute atomic E-state index is 0.231. The van der Waals surface area contributed by atoms with Crippen LogP contribution in [0.3, 0.4) is 0 Å². The summed E-state index contributed by atoms with van der Waals surface area (Å²) < 4.78 is 4.63. The maximum Gasteiger partial charge on any atom is 0.413 e. The van der Waals surface area contributed by atoms with Crippen LogP contribution in [0.25, 0.3) is 0 Å². The first kappa shape index (κ1) is 13.9. The molecular formula is C11H21N3O3. The number of carbonyl (C=O) groups is 2. The number of imide groups is 1. The maximum atomic E-state index is 11.5. The number of piperidine rings is 1. The van der Waals surface area contributed by atoms with Crippen LogP contribution in [0, 0.1) is 5.92 Å². The van der Waals surface area contributed by atoms with Gasteiger partial charge in [0.1, 0.15) is 0 Å². The zero-order valence-corrected chi connectivity index (χ0v) is 10.3. The second-order valence-corrected chi connectivity index (χ2v) is 4.25. The number of nitrogens with two attached hydrogens (primary N) is 1. The summed E-state index contributed by atoms with van der Waals surface area (Å²) >= 11 is 0. The van der Waals surface area contributed by atoms with Gasteiger partial charge in [-0.3, -0.25) is 15.0 Å². The molecule has 3 N–H and O–H groups in total. The molecule has 1 atom stereocenters. The second kappa shape index (κ2) is 7.24. The topological polar surface area (TPSA) is 84.7 Å². The molecule has 6 nitrogen and oxygen atoms in total. The predicted octanol–water partition coefficient (Wildman–Crippen LogP) is -0.0702. The van der Waals surface area contributed by atoms with Crippen molar-refractivity contribution in [2.75, 3.05) is 32.8 Å². The van der Waals surface area contributed by atoms with E-state index in [0.717, 1.165) is 25.9 Å². The molecule has 1 unspecified atom stereocenters. The Morgan fingerprint density at radius 1 is 1.53 bits per heavy atom. The molecule has 2 amide bonds. The van der Waals surface area contributed by atoms with Gasteiger partial charge in [-0.15, -0.1) is 0 Å². The number of amides is 2. The van der Waals surface area contributed by atoms with E-state index in [1.807, 2.05) is 4.90 Å². The molecule has 0 aromatic rings. The van der Waals surface area contributed by atoms with Gasteiger partial charge in [-0.25, -0.2) is 4.79 Å². The zero-order chi connectivity index (χ0) is 12.7. The normalized spacial score (nSPS) is 20.9. The fourth-order valence-electron chi connectivity index (χ4n) is 2.01. The summed E-state index contributed by atoms with van der Waals surface area (Å²) in [5, 5.41) is 2.19. The summed E-state index contributed by atoms with van der Waals surface area (Å²) in [4.78, 5) is 24.6. The van der Waals surface area contributed by atoms with Crippen LogP contribution in [-0.4, -0.2) is 49.7 Å². The van der Waals surface area contributed by atoms with Crippen LogP contribution < -0.4 is 11.1 Å². The smallest absolute Gasteiger partial charge is 0.413 e. The van der Waals surface area contributed by atoms with Gasteiger partial charge in [0.15, 0.2) is 0 Å². The van der Waals surface area contributed by atoms with E-state index in [4.69, 9.17) is 5.73 Å². The van der Waals surface area contributed by atoms with Crippen molar-refractivity contribution in [2.24, 2.45) is 11.7 Å². The summed E-state index contributed by atoms with van der Waals surface area (Å²) in [7, 11) is 0. The zero-order valence-electron chi connectivity index (χ0n) is 10.3. The average molecular weight is 243 g/mol. The lowest BCUT2D eigenvalue weighted by molar-refractivity contribution is -0.122. The number of carbonyl (C=O) groups excluding carboxylic acids is 2. The molecule has 1 aliphatic heterocycles. The Morgan fingerprint density at radius 3 is 2.94 bits per heavy atom. The largest absolute Gasteiger partial charge is 0.450 e. The summed E-state index contributed by atoms with van der Waals surface area (Å²) in [5.74, 6) is 0.139. The van der Waals surface area contributed by atoms with Gasteiger partial charge in [-0.1, -0.05) is 0 Å². The van der Waals surface area contributed by atoms with E-state index >= 15 is 0 Å². The summed E-state index contributed by atoms with van der Waals surface area (Å²) in [6, 6.07) is 0. The lowest BCUT2D eigenvalue weighted by Crippen LogP contribution is -2.45. The predicted molar refractivity (Wildman–Crippen MR) is 63.4 cm³/mol. The number of alkyl carbamates (subject to hydrolysis) is 1. The van der Waals surface area contributed by atoms with E-state index in [9.17, 15) is 9.59 Å². The third-order valence-electron chi connectivity index (χ3n) is 2.82. The molecule has 6 heteroatoms. The number of likely N-dealkylation sites (tertiary alicyclic amines) is 1. The quantitative estimate of drug-likeness (QED) is 0.722. The molecule has 0 aromatic carbocycles. The summed E-state index contributed by atoms with van der Waals surface area (Å²) in [5.41, 5.74) is 5.62. The standard InChI is InChI=1S/C11H21N3O3/c1-2-17-11(16)13-10(15)8-14-5-3-4-9(6-12)7-14/h9H,2-8,12H2,1H3,(H,13,15,16). The van der Waals surface area contributed by atoms with Crippen molar-refractivity contribution in [3.8, 4) is 0 Å².